The number of benzene rings is 1. The van der Waals surface area contributed by atoms with Crippen LogP contribution in [0.3, 0.4) is 0 Å². The van der Waals surface area contributed by atoms with E-state index < -0.39 is 12.1 Å². The first-order valence-corrected chi connectivity index (χ1v) is 8.57. The van der Waals surface area contributed by atoms with Crippen LogP contribution in [0.4, 0.5) is 0 Å². The molecule has 0 aromatic heterocycles. The minimum Gasteiger partial charge on any atom is -0.394 e. The molecule has 2 atom stereocenters. The van der Waals surface area contributed by atoms with Crippen molar-refractivity contribution >= 4 is 11.8 Å². The molecule has 0 bridgehead atoms. The second-order valence-corrected chi connectivity index (χ2v) is 7.64. The van der Waals surface area contributed by atoms with Crippen LogP contribution >= 0.6 is 0 Å². The predicted octanol–water partition coefficient (Wildman–Crippen LogP) is 2.26. The van der Waals surface area contributed by atoms with Crippen LogP contribution in [0.2, 0.25) is 0 Å². The van der Waals surface area contributed by atoms with E-state index in [9.17, 15) is 14.7 Å². The standard InChI is InChI=1S/C19H28N2O3/c1-19(2,3)12-17(23)21-11-7-10-16(21)18(24)20-15(13-22)14-8-5-4-6-9-14/h4-6,8-9,15-16,22H,7,10-13H2,1-3H3,(H,20,24)/t15-,16?/m1/s1. The Labute approximate surface area is 144 Å². The van der Waals surface area contributed by atoms with Gasteiger partial charge >= 0.3 is 0 Å². The molecule has 5 nitrogen and oxygen atoms in total. The van der Waals surface area contributed by atoms with Gasteiger partial charge in [0, 0.05) is 13.0 Å². The highest BCUT2D eigenvalue weighted by Crippen LogP contribution is 2.25. The monoisotopic (exact) mass is 332 g/mol. The van der Waals surface area contributed by atoms with Gasteiger partial charge in [-0.1, -0.05) is 51.1 Å². The summed E-state index contributed by atoms with van der Waals surface area (Å²) in [5.74, 6) is -0.155. The number of likely N-dealkylation sites (tertiary alicyclic amines) is 1. The molecular weight excluding hydrogens is 304 g/mol. The maximum absolute atomic E-state index is 12.7. The lowest BCUT2D eigenvalue weighted by molar-refractivity contribution is -0.140. The molecule has 1 aliphatic heterocycles. The second-order valence-electron chi connectivity index (χ2n) is 7.64. The molecule has 0 saturated carbocycles. The zero-order valence-electron chi connectivity index (χ0n) is 14.8. The van der Waals surface area contributed by atoms with Crippen molar-refractivity contribution in [3.63, 3.8) is 0 Å². The molecule has 1 aromatic rings. The summed E-state index contributed by atoms with van der Waals surface area (Å²) < 4.78 is 0. The SMILES string of the molecule is CC(C)(C)CC(=O)N1CCCC1C(=O)N[C@H](CO)c1ccccc1. The van der Waals surface area contributed by atoms with Crippen LogP contribution in [0.1, 0.15) is 51.6 Å². The maximum Gasteiger partial charge on any atom is 0.243 e. The Bertz CT molecular complexity index is 566. The highest BCUT2D eigenvalue weighted by Gasteiger charge is 2.36. The maximum atomic E-state index is 12.7. The number of carbonyl (C=O) groups excluding carboxylic acids is 2. The lowest BCUT2D eigenvalue weighted by atomic mass is 9.91. The number of rotatable bonds is 5. The van der Waals surface area contributed by atoms with Crippen LogP contribution in [0, 0.1) is 5.41 Å². The zero-order valence-corrected chi connectivity index (χ0v) is 14.8. The number of nitrogens with zero attached hydrogens (tertiary/aromatic N) is 1. The smallest absolute Gasteiger partial charge is 0.243 e. The predicted molar refractivity (Wildman–Crippen MR) is 93.2 cm³/mol. The van der Waals surface area contributed by atoms with Gasteiger partial charge in [-0.25, -0.2) is 0 Å². The summed E-state index contributed by atoms with van der Waals surface area (Å²) in [6, 6.07) is 8.51. The average molecular weight is 332 g/mol. The Balaban J connectivity index is 2.03. The summed E-state index contributed by atoms with van der Waals surface area (Å²) >= 11 is 0. The van der Waals surface area contributed by atoms with Crippen molar-refractivity contribution in [2.75, 3.05) is 13.2 Å². The molecule has 1 saturated heterocycles. The van der Waals surface area contributed by atoms with E-state index in [1.165, 1.54) is 0 Å². The Kier molecular flexibility index (Phi) is 5.99. The van der Waals surface area contributed by atoms with Crippen LogP contribution in [-0.4, -0.2) is 41.0 Å². The quantitative estimate of drug-likeness (QED) is 0.869. The summed E-state index contributed by atoms with van der Waals surface area (Å²) in [6.45, 7) is 6.52. The minimum atomic E-state index is -0.445. The molecule has 0 aliphatic carbocycles. The van der Waals surface area contributed by atoms with E-state index in [-0.39, 0.29) is 23.8 Å². The molecule has 5 heteroatoms. The van der Waals surface area contributed by atoms with Crippen molar-refractivity contribution in [3.8, 4) is 0 Å². The minimum absolute atomic E-state index is 0.0282. The number of amides is 2. The second kappa shape index (κ2) is 7.79. The van der Waals surface area contributed by atoms with E-state index in [1.54, 1.807) is 4.90 Å². The Morgan fingerprint density at radius 3 is 2.54 bits per heavy atom. The van der Waals surface area contributed by atoms with Crippen LogP contribution < -0.4 is 5.32 Å². The van der Waals surface area contributed by atoms with E-state index in [0.29, 0.717) is 19.4 Å². The fourth-order valence-electron chi connectivity index (χ4n) is 3.08. The van der Waals surface area contributed by atoms with Gasteiger partial charge in [0.2, 0.25) is 11.8 Å². The van der Waals surface area contributed by atoms with Crippen molar-refractivity contribution in [3.05, 3.63) is 35.9 Å². The van der Waals surface area contributed by atoms with Gasteiger partial charge in [0.15, 0.2) is 0 Å². The van der Waals surface area contributed by atoms with Crippen LogP contribution in [0.25, 0.3) is 0 Å². The van der Waals surface area contributed by atoms with Crippen molar-refractivity contribution < 1.29 is 14.7 Å². The highest BCUT2D eigenvalue weighted by molar-refractivity contribution is 5.88. The van der Waals surface area contributed by atoms with Gasteiger partial charge in [0.1, 0.15) is 6.04 Å². The van der Waals surface area contributed by atoms with Gasteiger partial charge < -0.3 is 15.3 Å². The largest absolute Gasteiger partial charge is 0.394 e. The molecule has 24 heavy (non-hydrogen) atoms. The number of hydrogen-bond acceptors (Lipinski definition) is 3. The van der Waals surface area contributed by atoms with Crippen LogP contribution in [0.15, 0.2) is 30.3 Å². The molecule has 1 unspecified atom stereocenters. The normalized spacial score (nSPS) is 19.2. The third-order valence-electron chi connectivity index (χ3n) is 4.26. The average Bonchev–Trinajstić information content (AvgIpc) is 3.01. The number of carbonyl (C=O) groups is 2. The van der Waals surface area contributed by atoms with E-state index in [0.717, 1.165) is 12.0 Å². The lowest BCUT2D eigenvalue weighted by Crippen LogP contribution is -2.48. The van der Waals surface area contributed by atoms with Crippen molar-refractivity contribution in [1.82, 2.24) is 10.2 Å². The molecule has 1 fully saturated rings. The topological polar surface area (TPSA) is 69.6 Å². The molecule has 2 N–H and O–H groups in total. The number of aliphatic hydroxyl groups excluding tert-OH is 1. The molecule has 1 heterocycles. The third kappa shape index (κ3) is 4.81. The van der Waals surface area contributed by atoms with Crippen LogP contribution in [0.5, 0.6) is 0 Å². The van der Waals surface area contributed by atoms with Gasteiger partial charge in [-0.05, 0) is 23.8 Å². The third-order valence-corrected chi connectivity index (χ3v) is 4.26. The van der Waals surface area contributed by atoms with E-state index in [4.69, 9.17) is 0 Å². The van der Waals surface area contributed by atoms with Crippen LogP contribution in [-0.2, 0) is 9.59 Å². The summed E-state index contributed by atoms with van der Waals surface area (Å²) in [4.78, 5) is 26.8. The Hall–Kier alpha value is -1.88. The summed E-state index contributed by atoms with van der Waals surface area (Å²) in [5.41, 5.74) is 0.761. The lowest BCUT2D eigenvalue weighted by Gasteiger charge is -2.28. The van der Waals surface area contributed by atoms with Gasteiger partial charge in [0.25, 0.3) is 0 Å². The summed E-state index contributed by atoms with van der Waals surface area (Å²) in [6.07, 6.45) is 1.94. The number of nitrogens with one attached hydrogen (secondary N) is 1. The first-order valence-electron chi connectivity index (χ1n) is 8.57. The molecule has 132 valence electrons. The molecule has 0 radical (unpaired) electrons. The van der Waals surface area contributed by atoms with E-state index >= 15 is 0 Å². The van der Waals surface area contributed by atoms with Gasteiger partial charge in [0.05, 0.1) is 12.6 Å². The van der Waals surface area contributed by atoms with Crippen molar-refractivity contribution in [2.45, 2.75) is 52.1 Å². The molecule has 2 rings (SSSR count). The fraction of sp³-hybridized carbons (Fsp3) is 0.579. The Morgan fingerprint density at radius 1 is 1.29 bits per heavy atom. The zero-order chi connectivity index (χ0) is 17.7. The van der Waals surface area contributed by atoms with Gasteiger partial charge in [-0.3, -0.25) is 9.59 Å². The number of hydrogen-bond donors (Lipinski definition) is 2. The molecular formula is C19H28N2O3. The molecule has 0 spiro atoms. The molecule has 2 amide bonds. The summed E-state index contributed by atoms with van der Waals surface area (Å²) in [5, 5.41) is 12.5. The molecule has 1 aromatic carbocycles. The van der Waals surface area contributed by atoms with Gasteiger partial charge in [-0.15, -0.1) is 0 Å². The number of aliphatic hydroxyl groups is 1. The first kappa shape index (κ1) is 18.5. The summed E-state index contributed by atoms with van der Waals surface area (Å²) in [7, 11) is 0. The fourth-order valence-corrected chi connectivity index (χ4v) is 3.08. The first-order chi connectivity index (χ1) is 11.3. The highest BCUT2D eigenvalue weighted by atomic mass is 16.3. The Morgan fingerprint density at radius 2 is 1.96 bits per heavy atom. The van der Waals surface area contributed by atoms with E-state index in [1.807, 2.05) is 51.1 Å². The van der Waals surface area contributed by atoms with E-state index in [2.05, 4.69) is 5.32 Å². The molecule has 1 aliphatic rings. The van der Waals surface area contributed by atoms with Crippen molar-refractivity contribution in [2.24, 2.45) is 5.41 Å². The van der Waals surface area contributed by atoms with Crippen molar-refractivity contribution in [1.29, 1.82) is 0 Å². The van der Waals surface area contributed by atoms with Gasteiger partial charge in [-0.2, -0.15) is 0 Å².